The van der Waals surface area contributed by atoms with Crippen molar-refractivity contribution in [1.29, 1.82) is 0 Å². The summed E-state index contributed by atoms with van der Waals surface area (Å²) >= 11 is 1.01. The minimum absolute atomic E-state index is 0.0283. The summed E-state index contributed by atoms with van der Waals surface area (Å²) in [5.74, 6) is 0.0283. The fraction of sp³-hybridized carbons (Fsp3) is 0.125. The van der Waals surface area contributed by atoms with Crippen LogP contribution in [0, 0.1) is 0 Å². The SMILES string of the molecule is O=C(N[CH2][Na])c1ccccc1. The van der Waals surface area contributed by atoms with E-state index in [0.29, 0.717) is 0 Å². The van der Waals surface area contributed by atoms with E-state index in [4.69, 9.17) is 0 Å². The maximum absolute atomic E-state index is 11.2. The molecular weight excluding hydrogens is 149 g/mol. The summed E-state index contributed by atoms with van der Waals surface area (Å²) in [5, 5.41) is 2.78. The number of rotatable bonds is 2. The molecule has 1 N–H and O–H groups in total. The normalized spacial score (nSPS) is 9.27. The number of nitrogens with one attached hydrogen (secondary N) is 1. The van der Waals surface area contributed by atoms with Crippen molar-refractivity contribution in [2.75, 3.05) is 3.79 Å². The molecule has 0 fully saturated rings. The molecule has 0 unspecified atom stereocenters. The van der Waals surface area contributed by atoms with Crippen molar-refractivity contribution in [3.8, 4) is 0 Å². The van der Waals surface area contributed by atoms with E-state index in [1.807, 2.05) is 30.3 Å². The number of hydrogen-bond donors (Lipinski definition) is 1. The molecule has 0 saturated carbocycles. The summed E-state index contributed by atoms with van der Waals surface area (Å²) in [7, 11) is 0. The van der Waals surface area contributed by atoms with Crippen LogP contribution in [0.2, 0.25) is 0 Å². The van der Waals surface area contributed by atoms with Crippen LogP contribution >= 0.6 is 0 Å². The Balaban J connectivity index is 2.69. The van der Waals surface area contributed by atoms with Gasteiger partial charge >= 0.3 is 83.6 Å². The Labute approximate surface area is 83.4 Å². The molecule has 1 rings (SSSR count). The predicted molar refractivity (Wildman–Crippen MR) is 44.5 cm³/mol. The van der Waals surface area contributed by atoms with Gasteiger partial charge in [0, 0.05) is 0 Å². The third kappa shape index (κ3) is 2.66. The van der Waals surface area contributed by atoms with Crippen molar-refractivity contribution in [3.05, 3.63) is 35.9 Å². The van der Waals surface area contributed by atoms with Gasteiger partial charge in [-0.25, -0.2) is 0 Å². The maximum atomic E-state index is 11.2. The van der Waals surface area contributed by atoms with Crippen LogP contribution in [0.1, 0.15) is 10.4 Å². The predicted octanol–water partition coefficient (Wildman–Crippen LogP) is 0.542. The molecule has 52 valence electrons. The molecule has 11 heavy (non-hydrogen) atoms. The molecule has 0 spiro atoms. The first-order chi connectivity index (χ1) is 5.34. The molecular formula is C8H8NNaO. The molecule has 1 aromatic rings. The van der Waals surface area contributed by atoms with Crippen LogP contribution in [0.4, 0.5) is 0 Å². The molecule has 1 amide bonds. The van der Waals surface area contributed by atoms with Gasteiger partial charge in [-0.05, 0) is 0 Å². The Morgan fingerprint density at radius 1 is 1.36 bits per heavy atom. The molecule has 0 aliphatic carbocycles. The first-order valence-electron chi connectivity index (χ1n) is 3.68. The van der Waals surface area contributed by atoms with Gasteiger partial charge in [-0.3, -0.25) is 0 Å². The second-order valence-corrected chi connectivity index (χ2v) is 2.93. The van der Waals surface area contributed by atoms with E-state index in [9.17, 15) is 4.79 Å². The monoisotopic (exact) mass is 157 g/mol. The number of hydrogen-bond acceptors (Lipinski definition) is 1. The minimum atomic E-state index is 0.0283. The van der Waals surface area contributed by atoms with Crippen molar-refractivity contribution >= 4 is 33.8 Å². The summed E-state index contributed by atoms with van der Waals surface area (Å²) < 4.78 is 0.813. The molecule has 0 saturated heterocycles. The van der Waals surface area contributed by atoms with Crippen molar-refractivity contribution in [3.63, 3.8) is 0 Å². The molecule has 1 aromatic carbocycles. The third-order valence-electron chi connectivity index (χ3n) is 1.37. The van der Waals surface area contributed by atoms with Crippen LogP contribution in [-0.4, -0.2) is 37.6 Å². The molecule has 0 radical (unpaired) electrons. The fourth-order valence-electron chi connectivity index (χ4n) is 0.852. The summed E-state index contributed by atoms with van der Waals surface area (Å²) in [4.78, 5) is 11.2. The molecule has 0 bridgehead atoms. The van der Waals surface area contributed by atoms with E-state index in [-0.39, 0.29) is 5.91 Å². The molecule has 3 heteroatoms. The summed E-state index contributed by atoms with van der Waals surface area (Å²) in [6.07, 6.45) is 0. The number of amides is 1. The van der Waals surface area contributed by atoms with E-state index in [1.165, 1.54) is 0 Å². The third-order valence-corrected chi connectivity index (χ3v) is 1.73. The Hall–Kier alpha value is -0.310. The Kier molecular flexibility index (Phi) is 3.63. The molecule has 0 aliphatic heterocycles. The zero-order valence-corrected chi connectivity index (χ0v) is 8.50. The Morgan fingerprint density at radius 3 is 2.55 bits per heavy atom. The summed E-state index contributed by atoms with van der Waals surface area (Å²) in [5.41, 5.74) is 0.739. The van der Waals surface area contributed by atoms with Crippen molar-refractivity contribution in [1.82, 2.24) is 5.32 Å². The first-order valence-corrected chi connectivity index (χ1v) is 5.09. The van der Waals surface area contributed by atoms with E-state index in [0.717, 1.165) is 37.3 Å². The van der Waals surface area contributed by atoms with Crippen molar-refractivity contribution < 1.29 is 4.79 Å². The van der Waals surface area contributed by atoms with E-state index in [2.05, 4.69) is 5.32 Å². The number of benzene rings is 1. The van der Waals surface area contributed by atoms with Crippen molar-refractivity contribution in [2.45, 2.75) is 0 Å². The van der Waals surface area contributed by atoms with Gasteiger partial charge in [-0.2, -0.15) is 0 Å². The van der Waals surface area contributed by atoms with Crippen LogP contribution in [-0.2, 0) is 0 Å². The Morgan fingerprint density at radius 2 is 2.00 bits per heavy atom. The van der Waals surface area contributed by atoms with Crippen LogP contribution in [0.15, 0.2) is 30.3 Å². The second kappa shape index (κ2) is 4.54. The van der Waals surface area contributed by atoms with E-state index < -0.39 is 0 Å². The van der Waals surface area contributed by atoms with Gasteiger partial charge in [-0.1, -0.05) is 0 Å². The fourth-order valence-corrected chi connectivity index (χ4v) is 1.17. The van der Waals surface area contributed by atoms with E-state index >= 15 is 0 Å². The van der Waals surface area contributed by atoms with Gasteiger partial charge in [0.25, 0.3) is 0 Å². The molecule has 0 atom stereocenters. The van der Waals surface area contributed by atoms with Crippen LogP contribution in [0.25, 0.3) is 0 Å². The molecule has 2 nitrogen and oxygen atoms in total. The average Bonchev–Trinajstić information content (AvgIpc) is 2.07. The Bertz CT molecular complexity index is 235. The number of carbonyl (C=O) groups is 1. The topological polar surface area (TPSA) is 29.1 Å². The quantitative estimate of drug-likeness (QED) is 0.624. The van der Waals surface area contributed by atoms with Gasteiger partial charge in [-0.15, -0.1) is 0 Å². The zero-order valence-electron chi connectivity index (χ0n) is 6.50. The zero-order chi connectivity index (χ0) is 8.10. The summed E-state index contributed by atoms with van der Waals surface area (Å²) in [6.45, 7) is 0. The van der Waals surface area contributed by atoms with Gasteiger partial charge in [0.1, 0.15) is 0 Å². The standard InChI is InChI=1S/C8H8NO.Na/c1-9-8(10)7-5-3-2-4-6-7;/h2-6H,1H2,(H,9,10);. The number of carbonyl (C=O) groups excluding carboxylic acids is 1. The molecule has 0 aliphatic rings. The van der Waals surface area contributed by atoms with E-state index in [1.54, 1.807) is 0 Å². The summed E-state index contributed by atoms with van der Waals surface area (Å²) in [6, 6.07) is 9.25. The second-order valence-electron chi connectivity index (χ2n) is 2.23. The van der Waals surface area contributed by atoms with Gasteiger partial charge in [0.05, 0.1) is 0 Å². The first kappa shape index (κ1) is 8.78. The molecule has 0 aromatic heterocycles. The molecule has 0 heterocycles. The van der Waals surface area contributed by atoms with Crippen LogP contribution < -0.4 is 5.32 Å². The van der Waals surface area contributed by atoms with Crippen molar-refractivity contribution in [2.24, 2.45) is 0 Å². The van der Waals surface area contributed by atoms with Gasteiger partial charge < -0.3 is 0 Å². The van der Waals surface area contributed by atoms with Crippen LogP contribution in [0.5, 0.6) is 0 Å². The van der Waals surface area contributed by atoms with Gasteiger partial charge in [0.15, 0.2) is 0 Å². The average molecular weight is 157 g/mol. The van der Waals surface area contributed by atoms with Crippen LogP contribution in [0.3, 0.4) is 0 Å². The van der Waals surface area contributed by atoms with Gasteiger partial charge in [0.2, 0.25) is 0 Å².